The van der Waals surface area contributed by atoms with Crippen LogP contribution in [0.1, 0.15) is 32.1 Å². The molecule has 2 heterocycles. The third kappa shape index (κ3) is 3.76. The zero-order chi connectivity index (χ0) is 11.2. The molecule has 2 rings (SSSR count). The number of nitrogens with one attached hydrogen (secondary N) is 2. The van der Waals surface area contributed by atoms with E-state index in [0.29, 0.717) is 12.5 Å². The van der Waals surface area contributed by atoms with Crippen LogP contribution in [-0.4, -0.2) is 49.6 Å². The lowest BCUT2D eigenvalue weighted by Crippen LogP contribution is -2.36. The van der Waals surface area contributed by atoms with Crippen LogP contribution in [0.5, 0.6) is 0 Å². The second-order valence-electron chi connectivity index (χ2n) is 4.91. The summed E-state index contributed by atoms with van der Waals surface area (Å²) in [5, 5.41) is 6.40. The van der Waals surface area contributed by atoms with E-state index in [1.807, 2.05) is 0 Å². The van der Waals surface area contributed by atoms with Gasteiger partial charge in [-0.2, -0.15) is 0 Å². The van der Waals surface area contributed by atoms with Crippen molar-refractivity contribution in [3.8, 4) is 0 Å². The molecule has 2 N–H and O–H groups in total. The third-order valence-corrected chi connectivity index (χ3v) is 3.50. The molecule has 0 aromatic heterocycles. The van der Waals surface area contributed by atoms with Crippen LogP contribution < -0.4 is 10.6 Å². The van der Waals surface area contributed by atoms with Crippen LogP contribution in [0.25, 0.3) is 0 Å². The van der Waals surface area contributed by atoms with Gasteiger partial charge in [-0.15, -0.1) is 0 Å². The lowest BCUT2D eigenvalue weighted by Gasteiger charge is -2.15. The average Bonchev–Trinajstić information content (AvgIpc) is 2.89. The number of rotatable bonds is 6. The van der Waals surface area contributed by atoms with Crippen molar-refractivity contribution in [3.05, 3.63) is 0 Å². The van der Waals surface area contributed by atoms with Crippen LogP contribution >= 0.6 is 0 Å². The largest absolute Gasteiger partial charge is 0.352 e. The Hall–Kier alpha value is -0.610. The first-order valence-electron chi connectivity index (χ1n) is 6.57. The van der Waals surface area contributed by atoms with Crippen molar-refractivity contribution in [2.75, 3.05) is 32.7 Å². The molecule has 2 aliphatic rings. The van der Waals surface area contributed by atoms with E-state index >= 15 is 0 Å². The van der Waals surface area contributed by atoms with Crippen molar-refractivity contribution in [3.63, 3.8) is 0 Å². The molecule has 0 bridgehead atoms. The molecule has 16 heavy (non-hydrogen) atoms. The lowest BCUT2D eigenvalue weighted by molar-refractivity contribution is -0.119. The Morgan fingerprint density at radius 1 is 1.38 bits per heavy atom. The molecule has 0 aromatic rings. The summed E-state index contributed by atoms with van der Waals surface area (Å²) in [6.07, 6.45) is 5.68. The summed E-state index contributed by atoms with van der Waals surface area (Å²) in [5.74, 6) is 0.212. The SMILES string of the molecule is O=C1CCC(CNCCCN2CCCC2)N1. The van der Waals surface area contributed by atoms with Gasteiger partial charge in [0.15, 0.2) is 0 Å². The Balaban J connectivity index is 1.44. The van der Waals surface area contributed by atoms with Crippen molar-refractivity contribution < 1.29 is 4.79 Å². The summed E-state index contributed by atoms with van der Waals surface area (Å²) in [5.41, 5.74) is 0. The zero-order valence-electron chi connectivity index (χ0n) is 10.0. The molecule has 0 radical (unpaired) electrons. The molecule has 4 heteroatoms. The van der Waals surface area contributed by atoms with Gasteiger partial charge >= 0.3 is 0 Å². The average molecular weight is 225 g/mol. The second kappa shape index (κ2) is 6.21. The molecular weight excluding hydrogens is 202 g/mol. The smallest absolute Gasteiger partial charge is 0.220 e. The van der Waals surface area contributed by atoms with E-state index in [1.54, 1.807) is 0 Å². The number of carbonyl (C=O) groups excluding carboxylic acids is 1. The van der Waals surface area contributed by atoms with Crippen molar-refractivity contribution in [2.24, 2.45) is 0 Å². The number of hydrogen-bond donors (Lipinski definition) is 2. The molecule has 0 spiro atoms. The van der Waals surface area contributed by atoms with Gasteiger partial charge in [-0.05, 0) is 51.9 Å². The summed E-state index contributed by atoms with van der Waals surface area (Å²) in [7, 11) is 0. The first-order chi connectivity index (χ1) is 7.84. The monoisotopic (exact) mass is 225 g/mol. The molecule has 1 unspecified atom stereocenters. The van der Waals surface area contributed by atoms with Gasteiger partial charge in [0.1, 0.15) is 0 Å². The molecule has 4 nitrogen and oxygen atoms in total. The summed E-state index contributed by atoms with van der Waals surface area (Å²) < 4.78 is 0. The highest BCUT2D eigenvalue weighted by Crippen LogP contribution is 2.07. The van der Waals surface area contributed by atoms with Crippen LogP contribution in [0.2, 0.25) is 0 Å². The molecule has 0 saturated carbocycles. The van der Waals surface area contributed by atoms with E-state index in [2.05, 4.69) is 15.5 Å². The van der Waals surface area contributed by atoms with E-state index < -0.39 is 0 Å². The number of carbonyl (C=O) groups is 1. The topological polar surface area (TPSA) is 44.4 Å². The quantitative estimate of drug-likeness (QED) is 0.641. The fraction of sp³-hybridized carbons (Fsp3) is 0.917. The minimum absolute atomic E-state index is 0.212. The summed E-state index contributed by atoms with van der Waals surface area (Å²) >= 11 is 0. The molecule has 1 atom stereocenters. The van der Waals surface area contributed by atoms with Gasteiger partial charge in [0, 0.05) is 19.0 Å². The minimum atomic E-state index is 0.212. The maximum Gasteiger partial charge on any atom is 0.220 e. The predicted octanol–water partition coefficient (Wildman–Crippen LogP) is 0.341. The van der Waals surface area contributed by atoms with Gasteiger partial charge in [0.05, 0.1) is 0 Å². The highest BCUT2D eigenvalue weighted by atomic mass is 16.1. The number of hydrogen-bond acceptors (Lipinski definition) is 3. The fourth-order valence-electron chi connectivity index (χ4n) is 2.54. The van der Waals surface area contributed by atoms with Crippen molar-refractivity contribution in [1.29, 1.82) is 0 Å². The Kier molecular flexibility index (Phi) is 4.60. The molecule has 2 saturated heterocycles. The standard InChI is InChI=1S/C12H23N3O/c16-12-5-4-11(14-12)10-13-6-3-9-15-7-1-2-8-15/h11,13H,1-10H2,(H,14,16). The molecule has 0 aromatic carbocycles. The molecule has 2 fully saturated rings. The van der Waals surface area contributed by atoms with E-state index in [0.717, 1.165) is 19.5 Å². The van der Waals surface area contributed by atoms with Crippen molar-refractivity contribution in [2.45, 2.75) is 38.1 Å². The Bertz CT molecular complexity index is 226. The van der Waals surface area contributed by atoms with Crippen LogP contribution in [-0.2, 0) is 4.79 Å². The molecule has 0 aliphatic carbocycles. The first kappa shape index (κ1) is 11.9. The highest BCUT2D eigenvalue weighted by Gasteiger charge is 2.19. The van der Waals surface area contributed by atoms with Gasteiger partial charge in [-0.25, -0.2) is 0 Å². The Labute approximate surface area is 97.8 Å². The number of nitrogens with zero attached hydrogens (tertiary/aromatic N) is 1. The normalized spacial score (nSPS) is 26.2. The van der Waals surface area contributed by atoms with E-state index in [4.69, 9.17) is 0 Å². The van der Waals surface area contributed by atoms with E-state index in [-0.39, 0.29) is 5.91 Å². The third-order valence-electron chi connectivity index (χ3n) is 3.50. The van der Waals surface area contributed by atoms with Crippen LogP contribution in [0, 0.1) is 0 Å². The van der Waals surface area contributed by atoms with E-state index in [9.17, 15) is 4.79 Å². The number of amides is 1. The maximum absolute atomic E-state index is 11.0. The number of likely N-dealkylation sites (tertiary alicyclic amines) is 1. The molecule has 2 aliphatic heterocycles. The van der Waals surface area contributed by atoms with Gasteiger partial charge in [0.25, 0.3) is 0 Å². The van der Waals surface area contributed by atoms with Gasteiger partial charge in [-0.3, -0.25) is 4.79 Å². The van der Waals surface area contributed by atoms with Gasteiger partial charge < -0.3 is 15.5 Å². The summed E-state index contributed by atoms with van der Waals surface area (Å²) in [4.78, 5) is 13.5. The van der Waals surface area contributed by atoms with Crippen molar-refractivity contribution >= 4 is 5.91 Å². The van der Waals surface area contributed by atoms with Crippen LogP contribution in [0.3, 0.4) is 0 Å². The van der Waals surface area contributed by atoms with E-state index in [1.165, 1.54) is 38.9 Å². The Morgan fingerprint density at radius 3 is 2.88 bits per heavy atom. The second-order valence-corrected chi connectivity index (χ2v) is 4.91. The summed E-state index contributed by atoms with van der Waals surface area (Å²) in [6.45, 7) is 5.82. The minimum Gasteiger partial charge on any atom is -0.352 e. The predicted molar refractivity (Wildman–Crippen MR) is 64.3 cm³/mol. The highest BCUT2D eigenvalue weighted by molar-refractivity contribution is 5.78. The molecule has 92 valence electrons. The van der Waals surface area contributed by atoms with Crippen LogP contribution in [0.4, 0.5) is 0 Å². The Morgan fingerprint density at radius 2 is 2.19 bits per heavy atom. The zero-order valence-corrected chi connectivity index (χ0v) is 10.0. The molecule has 1 amide bonds. The van der Waals surface area contributed by atoms with Gasteiger partial charge in [0.2, 0.25) is 5.91 Å². The lowest BCUT2D eigenvalue weighted by atomic mass is 10.2. The molecular formula is C12H23N3O. The van der Waals surface area contributed by atoms with Crippen LogP contribution in [0.15, 0.2) is 0 Å². The summed E-state index contributed by atoms with van der Waals surface area (Å²) in [6, 6.07) is 0.374. The fourth-order valence-corrected chi connectivity index (χ4v) is 2.54. The maximum atomic E-state index is 11.0. The first-order valence-corrected chi connectivity index (χ1v) is 6.57. The van der Waals surface area contributed by atoms with Crippen molar-refractivity contribution in [1.82, 2.24) is 15.5 Å². The van der Waals surface area contributed by atoms with Gasteiger partial charge in [-0.1, -0.05) is 0 Å².